The van der Waals surface area contributed by atoms with E-state index in [2.05, 4.69) is 193 Å². The first-order valence-electron chi connectivity index (χ1n) is 17.3. The van der Waals surface area contributed by atoms with Crippen LogP contribution < -0.4 is 0 Å². The Morgan fingerprint density at radius 3 is 1.68 bits per heavy atom. The number of benzene rings is 7. The van der Waals surface area contributed by atoms with Crippen molar-refractivity contribution in [3.05, 3.63) is 194 Å². The van der Waals surface area contributed by atoms with E-state index in [4.69, 9.17) is 0 Å². The van der Waals surface area contributed by atoms with Gasteiger partial charge in [0.15, 0.2) is 0 Å². The minimum Gasteiger partial charge on any atom is -0.309 e. The molecule has 0 aliphatic carbocycles. The van der Waals surface area contributed by atoms with Gasteiger partial charge in [0.1, 0.15) is 0 Å². The zero-order valence-electron chi connectivity index (χ0n) is 27.7. The Morgan fingerprint density at radius 1 is 0.400 bits per heavy atom. The molecule has 9 rings (SSSR count). The fraction of sp³-hybridized carbons (Fsp3) is 0.0417. The van der Waals surface area contributed by atoms with Crippen molar-refractivity contribution in [2.75, 3.05) is 5.75 Å². The van der Waals surface area contributed by atoms with E-state index in [1.807, 2.05) is 11.8 Å². The Hall–Kier alpha value is -5.83. The lowest BCUT2D eigenvalue weighted by Gasteiger charge is -2.13. The average Bonchev–Trinajstić information content (AvgIpc) is 3.57. The van der Waals surface area contributed by atoms with E-state index in [0.29, 0.717) is 0 Å². The molecule has 0 amide bonds. The van der Waals surface area contributed by atoms with Crippen molar-refractivity contribution in [3.63, 3.8) is 0 Å². The maximum absolute atomic E-state index is 2.41. The van der Waals surface area contributed by atoms with Crippen LogP contribution in [0.25, 0.3) is 72.0 Å². The lowest BCUT2D eigenvalue weighted by Crippen LogP contribution is -1.94. The summed E-state index contributed by atoms with van der Waals surface area (Å²) in [5, 5.41) is 2.54. The van der Waals surface area contributed by atoms with Crippen LogP contribution in [0.1, 0.15) is 5.56 Å². The van der Waals surface area contributed by atoms with Crippen molar-refractivity contribution < 1.29 is 0 Å². The number of hydrogen-bond donors (Lipinski definition) is 0. The Bertz CT molecular complexity index is 2480. The van der Waals surface area contributed by atoms with Crippen molar-refractivity contribution in [2.24, 2.45) is 0 Å². The second-order valence-corrected chi connectivity index (χ2v) is 13.9. The van der Waals surface area contributed by atoms with E-state index < -0.39 is 0 Å². The molecule has 0 N–H and O–H groups in total. The minimum absolute atomic E-state index is 0.947. The van der Waals surface area contributed by atoms with Gasteiger partial charge in [-0.25, -0.2) is 0 Å². The van der Waals surface area contributed by atoms with E-state index in [1.54, 1.807) is 0 Å². The van der Waals surface area contributed by atoms with Gasteiger partial charge in [-0.3, -0.25) is 0 Å². The minimum atomic E-state index is 0.947. The number of thioether (sulfide) groups is 1. The highest BCUT2D eigenvalue weighted by atomic mass is 32.2. The SMILES string of the molecule is C1=C\CSc2ccc(-c3ccc4c(c3)c3ccccc3n4-c3ccc(-c4cc(-c5ccccc5)cc(-c5ccccc5)c4)cc3)cc2C\C=C/1. The number of nitrogens with zero attached hydrogens (tertiary/aromatic N) is 1. The summed E-state index contributed by atoms with van der Waals surface area (Å²) >= 11 is 1.91. The average molecular weight is 658 g/mol. The maximum atomic E-state index is 2.41. The van der Waals surface area contributed by atoms with Crippen LogP contribution in [0.5, 0.6) is 0 Å². The Kier molecular flexibility index (Phi) is 8.00. The van der Waals surface area contributed by atoms with Gasteiger partial charge < -0.3 is 4.57 Å². The van der Waals surface area contributed by atoms with Crippen LogP contribution >= 0.6 is 11.8 Å². The van der Waals surface area contributed by atoms with E-state index in [0.717, 1.165) is 17.9 Å². The Morgan fingerprint density at radius 2 is 0.960 bits per heavy atom. The highest BCUT2D eigenvalue weighted by Crippen LogP contribution is 2.38. The van der Waals surface area contributed by atoms with Crippen LogP contribution in [0, 0.1) is 0 Å². The molecule has 0 atom stereocenters. The summed E-state index contributed by atoms with van der Waals surface area (Å²) in [7, 11) is 0. The lowest BCUT2D eigenvalue weighted by atomic mass is 9.93. The summed E-state index contributed by atoms with van der Waals surface area (Å²) in [6.07, 6.45) is 9.76. The van der Waals surface area contributed by atoms with Crippen molar-refractivity contribution in [3.8, 4) is 50.2 Å². The normalized spacial score (nSPS) is 14.1. The molecular weight excluding hydrogens is 623 g/mol. The lowest BCUT2D eigenvalue weighted by molar-refractivity contribution is 1.18. The van der Waals surface area contributed by atoms with Gasteiger partial charge in [0.25, 0.3) is 0 Å². The predicted octanol–water partition coefficient (Wildman–Crippen LogP) is 13.2. The smallest absolute Gasteiger partial charge is 0.0541 e. The summed E-state index contributed by atoms with van der Waals surface area (Å²) in [6.45, 7) is 0. The molecule has 0 spiro atoms. The van der Waals surface area contributed by atoms with Crippen LogP contribution in [0.4, 0.5) is 0 Å². The highest BCUT2D eigenvalue weighted by molar-refractivity contribution is 7.99. The molecular formula is C48H35NS. The Balaban J connectivity index is 1.11. The molecule has 1 aliphatic rings. The third-order valence-corrected chi connectivity index (χ3v) is 10.8. The Labute approximate surface area is 297 Å². The van der Waals surface area contributed by atoms with Crippen molar-refractivity contribution >= 4 is 33.6 Å². The first kappa shape index (κ1) is 30.2. The van der Waals surface area contributed by atoms with Gasteiger partial charge in [-0.05, 0) is 117 Å². The van der Waals surface area contributed by atoms with Crippen molar-refractivity contribution in [1.29, 1.82) is 0 Å². The standard InChI is InChI=1S/C48H35NS/c1-2-12-28-50-48-27-23-37(29-39(48)17-5-1)38-22-26-47-45(33-38)44-18-10-11-19-46(44)49(47)43-24-20-36(21-25-43)42-31-40(34-13-6-3-7-14-34)30-41(32-42)35-15-8-4-9-16-35/h1-16,18-27,29-33H,17,28H2/b5-1-,12-2-. The third kappa shape index (κ3) is 5.78. The zero-order chi connectivity index (χ0) is 33.3. The molecule has 8 aromatic rings. The predicted molar refractivity (Wildman–Crippen MR) is 215 cm³/mol. The number of para-hydroxylation sites is 1. The van der Waals surface area contributed by atoms with Gasteiger partial charge in [-0.1, -0.05) is 127 Å². The highest BCUT2D eigenvalue weighted by Gasteiger charge is 2.15. The van der Waals surface area contributed by atoms with Crippen LogP contribution in [-0.2, 0) is 6.42 Å². The van der Waals surface area contributed by atoms with Gasteiger partial charge in [0, 0.05) is 27.1 Å². The molecule has 50 heavy (non-hydrogen) atoms. The molecule has 0 fully saturated rings. The van der Waals surface area contributed by atoms with E-state index in [1.165, 1.54) is 76.8 Å². The summed E-state index contributed by atoms with van der Waals surface area (Å²) < 4.78 is 2.41. The van der Waals surface area contributed by atoms with Crippen LogP contribution in [-0.4, -0.2) is 10.3 Å². The molecule has 0 saturated carbocycles. The number of aromatic nitrogens is 1. The second-order valence-electron chi connectivity index (χ2n) is 12.9. The number of fused-ring (bicyclic) bond motifs is 4. The molecule has 0 bridgehead atoms. The van der Waals surface area contributed by atoms with Crippen molar-refractivity contribution in [2.45, 2.75) is 11.3 Å². The molecule has 1 nitrogen and oxygen atoms in total. The van der Waals surface area contributed by atoms with Gasteiger partial charge in [-0.2, -0.15) is 0 Å². The fourth-order valence-electron chi connectivity index (χ4n) is 7.23. The molecule has 7 aromatic carbocycles. The van der Waals surface area contributed by atoms with E-state index >= 15 is 0 Å². The van der Waals surface area contributed by atoms with Gasteiger partial charge >= 0.3 is 0 Å². The van der Waals surface area contributed by atoms with Gasteiger partial charge in [0.05, 0.1) is 11.0 Å². The van der Waals surface area contributed by atoms with Crippen LogP contribution in [0.3, 0.4) is 0 Å². The topological polar surface area (TPSA) is 4.93 Å². The molecule has 2 heteroatoms. The van der Waals surface area contributed by atoms with Crippen molar-refractivity contribution in [1.82, 2.24) is 4.57 Å². The summed E-state index contributed by atoms with van der Waals surface area (Å²) in [4.78, 5) is 1.37. The quantitative estimate of drug-likeness (QED) is 0.178. The van der Waals surface area contributed by atoms with Gasteiger partial charge in [-0.15, -0.1) is 11.8 Å². The second kappa shape index (κ2) is 13.2. The van der Waals surface area contributed by atoms with Crippen LogP contribution in [0.15, 0.2) is 193 Å². The molecule has 2 heterocycles. The molecule has 0 unspecified atom stereocenters. The molecule has 238 valence electrons. The number of hydrogen-bond acceptors (Lipinski definition) is 1. The molecule has 1 aromatic heterocycles. The first-order valence-corrected chi connectivity index (χ1v) is 18.2. The van der Waals surface area contributed by atoms with Gasteiger partial charge in [0.2, 0.25) is 0 Å². The number of allylic oxidation sites excluding steroid dienone is 3. The number of rotatable bonds is 5. The fourth-order valence-corrected chi connectivity index (χ4v) is 8.11. The summed E-state index contributed by atoms with van der Waals surface area (Å²) in [6, 6.07) is 60.1. The third-order valence-electron chi connectivity index (χ3n) is 9.73. The summed E-state index contributed by atoms with van der Waals surface area (Å²) in [5.74, 6) is 0.998. The maximum Gasteiger partial charge on any atom is 0.0541 e. The monoisotopic (exact) mass is 657 g/mol. The zero-order valence-corrected chi connectivity index (χ0v) is 28.5. The molecule has 1 aliphatic heterocycles. The summed E-state index contributed by atoms with van der Waals surface area (Å²) in [5.41, 5.74) is 14.8. The molecule has 0 radical (unpaired) electrons. The van der Waals surface area contributed by atoms with E-state index in [9.17, 15) is 0 Å². The van der Waals surface area contributed by atoms with Crippen LogP contribution in [0.2, 0.25) is 0 Å². The van der Waals surface area contributed by atoms with E-state index in [-0.39, 0.29) is 0 Å². The first-order chi connectivity index (χ1) is 24.8. The molecule has 0 saturated heterocycles. The largest absolute Gasteiger partial charge is 0.309 e.